The van der Waals surface area contributed by atoms with Crippen LogP contribution >= 0.6 is 0 Å². The normalized spacial score (nSPS) is 14.8. The molecule has 2 aromatic heterocycles. The van der Waals surface area contributed by atoms with Gasteiger partial charge in [0.2, 0.25) is 23.4 Å². The standard InChI is InChI=1S/C18H18N6O2/c1-12-3-5-14(6-4-12)21-15(25)11-24-9-13(10-24)18-22-17(23-26-18)16-19-7-2-8-20-16/h2-8,13H,9-11H2,1H3,(H,21,25). The number of amides is 1. The molecule has 1 aromatic carbocycles. The molecule has 3 heterocycles. The molecule has 0 aliphatic carbocycles. The zero-order valence-corrected chi connectivity index (χ0v) is 14.3. The molecule has 1 aliphatic heterocycles. The lowest BCUT2D eigenvalue weighted by Gasteiger charge is -2.36. The summed E-state index contributed by atoms with van der Waals surface area (Å²) in [7, 11) is 0. The van der Waals surface area contributed by atoms with Crippen molar-refractivity contribution in [3.63, 3.8) is 0 Å². The Kier molecular flexibility index (Phi) is 4.40. The van der Waals surface area contributed by atoms with E-state index in [1.54, 1.807) is 18.5 Å². The number of aryl methyl sites for hydroxylation is 1. The van der Waals surface area contributed by atoms with Crippen molar-refractivity contribution in [1.29, 1.82) is 0 Å². The Morgan fingerprint density at radius 2 is 1.92 bits per heavy atom. The van der Waals surface area contributed by atoms with Crippen molar-refractivity contribution in [2.24, 2.45) is 0 Å². The number of benzene rings is 1. The van der Waals surface area contributed by atoms with E-state index in [2.05, 4.69) is 25.4 Å². The maximum atomic E-state index is 12.1. The third-order valence-corrected chi connectivity index (χ3v) is 4.22. The Hall–Kier alpha value is -3.13. The topological polar surface area (TPSA) is 97.0 Å². The second kappa shape index (κ2) is 7.01. The van der Waals surface area contributed by atoms with Gasteiger partial charge in [0, 0.05) is 31.2 Å². The molecule has 1 aliphatic rings. The van der Waals surface area contributed by atoms with Gasteiger partial charge in [0.1, 0.15) is 0 Å². The smallest absolute Gasteiger partial charge is 0.240 e. The van der Waals surface area contributed by atoms with Gasteiger partial charge in [-0.3, -0.25) is 9.69 Å². The molecule has 0 bridgehead atoms. The van der Waals surface area contributed by atoms with E-state index in [1.807, 2.05) is 36.1 Å². The van der Waals surface area contributed by atoms with Crippen molar-refractivity contribution in [3.8, 4) is 11.6 Å². The van der Waals surface area contributed by atoms with Crippen LogP contribution in [0.15, 0.2) is 47.2 Å². The van der Waals surface area contributed by atoms with Crippen LogP contribution in [0, 0.1) is 6.92 Å². The molecule has 8 nitrogen and oxygen atoms in total. The fourth-order valence-corrected chi connectivity index (χ4v) is 2.80. The molecule has 8 heteroatoms. The summed E-state index contributed by atoms with van der Waals surface area (Å²) >= 11 is 0. The molecule has 0 atom stereocenters. The zero-order chi connectivity index (χ0) is 17.9. The number of carbonyl (C=O) groups excluding carboxylic acids is 1. The minimum absolute atomic E-state index is 0.0313. The fraction of sp³-hybridized carbons (Fsp3) is 0.278. The lowest BCUT2D eigenvalue weighted by atomic mass is 10.0. The minimum atomic E-state index is -0.0313. The summed E-state index contributed by atoms with van der Waals surface area (Å²) < 4.78 is 5.31. The highest BCUT2D eigenvalue weighted by Gasteiger charge is 2.33. The predicted octanol–water partition coefficient (Wildman–Crippen LogP) is 1.87. The van der Waals surface area contributed by atoms with E-state index < -0.39 is 0 Å². The van der Waals surface area contributed by atoms with Crippen molar-refractivity contribution in [3.05, 3.63) is 54.2 Å². The summed E-state index contributed by atoms with van der Waals surface area (Å²) in [6.07, 6.45) is 3.27. The highest BCUT2D eigenvalue weighted by molar-refractivity contribution is 5.92. The van der Waals surface area contributed by atoms with Crippen LogP contribution in [0.25, 0.3) is 11.6 Å². The van der Waals surface area contributed by atoms with Crippen LogP contribution in [0.1, 0.15) is 17.4 Å². The van der Waals surface area contributed by atoms with Gasteiger partial charge >= 0.3 is 0 Å². The molecule has 1 N–H and O–H groups in total. The summed E-state index contributed by atoms with van der Waals surface area (Å²) in [5, 5.41) is 6.83. The second-order valence-corrected chi connectivity index (χ2v) is 6.33. The molecule has 1 fully saturated rings. The fourth-order valence-electron chi connectivity index (χ4n) is 2.80. The number of aromatic nitrogens is 4. The van der Waals surface area contributed by atoms with E-state index in [0.29, 0.717) is 37.2 Å². The van der Waals surface area contributed by atoms with E-state index in [1.165, 1.54) is 0 Å². The largest absolute Gasteiger partial charge is 0.338 e. The average Bonchev–Trinajstić information content (AvgIpc) is 3.10. The maximum Gasteiger partial charge on any atom is 0.240 e. The number of nitrogens with one attached hydrogen (secondary N) is 1. The highest BCUT2D eigenvalue weighted by Crippen LogP contribution is 2.26. The van der Waals surface area contributed by atoms with Crippen molar-refractivity contribution < 1.29 is 9.32 Å². The summed E-state index contributed by atoms with van der Waals surface area (Å²) in [5.74, 6) is 1.48. The van der Waals surface area contributed by atoms with Crippen LogP contribution in [0.3, 0.4) is 0 Å². The Balaban J connectivity index is 1.28. The van der Waals surface area contributed by atoms with E-state index in [9.17, 15) is 4.79 Å². The zero-order valence-electron chi connectivity index (χ0n) is 14.3. The van der Waals surface area contributed by atoms with E-state index in [4.69, 9.17) is 4.52 Å². The number of likely N-dealkylation sites (tertiary alicyclic amines) is 1. The maximum absolute atomic E-state index is 12.1. The van der Waals surface area contributed by atoms with Gasteiger partial charge in [-0.25, -0.2) is 9.97 Å². The SMILES string of the molecule is Cc1ccc(NC(=O)CN2CC(c3nc(-c4ncccn4)no3)C2)cc1. The molecule has 0 spiro atoms. The Bertz CT molecular complexity index is 888. The quantitative estimate of drug-likeness (QED) is 0.750. The summed E-state index contributed by atoms with van der Waals surface area (Å²) in [5.41, 5.74) is 1.97. The molecule has 4 rings (SSSR count). The number of hydrogen-bond donors (Lipinski definition) is 1. The van der Waals surface area contributed by atoms with E-state index in [0.717, 1.165) is 11.3 Å². The van der Waals surface area contributed by atoms with Crippen LogP contribution in [0.5, 0.6) is 0 Å². The van der Waals surface area contributed by atoms with Gasteiger partial charge in [-0.1, -0.05) is 22.9 Å². The van der Waals surface area contributed by atoms with Crippen LogP contribution < -0.4 is 5.32 Å². The first-order valence-corrected chi connectivity index (χ1v) is 8.37. The molecular weight excluding hydrogens is 332 g/mol. The molecule has 0 unspecified atom stereocenters. The van der Waals surface area contributed by atoms with Crippen molar-refractivity contribution in [2.45, 2.75) is 12.8 Å². The molecule has 1 saturated heterocycles. The minimum Gasteiger partial charge on any atom is -0.338 e. The van der Waals surface area contributed by atoms with Gasteiger partial charge in [0.05, 0.1) is 12.5 Å². The Labute approximate surface area is 150 Å². The average molecular weight is 350 g/mol. The summed E-state index contributed by atoms with van der Waals surface area (Å²) in [6.45, 7) is 3.77. The Morgan fingerprint density at radius 3 is 2.65 bits per heavy atom. The first-order chi connectivity index (χ1) is 12.7. The molecule has 1 amide bonds. The number of rotatable bonds is 5. The second-order valence-electron chi connectivity index (χ2n) is 6.33. The lowest BCUT2D eigenvalue weighted by molar-refractivity contribution is -0.118. The summed E-state index contributed by atoms with van der Waals surface area (Å²) in [6, 6.07) is 9.48. The number of hydrogen-bond acceptors (Lipinski definition) is 7. The predicted molar refractivity (Wildman–Crippen MR) is 94.3 cm³/mol. The molecule has 0 saturated carbocycles. The van der Waals surface area contributed by atoms with Gasteiger partial charge in [0.15, 0.2) is 0 Å². The molecule has 3 aromatic rings. The monoisotopic (exact) mass is 350 g/mol. The molecule has 26 heavy (non-hydrogen) atoms. The number of nitrogens with zero attached hydrogens (tertiary/aromatic N) is 5. The van der Waals surface area contributed by atoms with Crippen LogP contribution in [0.4, 0.5) is 5.69 Å². The van der Waals surface area contributed by atoms with Crippen LogP contribution in [-0.4, -0.2) is 50.5 Å². The molecular formula is C18H18N6O2. The van der Waals surface area contributed by atoms with Gasteiger partial charge < -0.3 is 9.84 Å². The number of carbonyl (C=O) groups is 1. The van der Waals surface area contributed by atoms with Gasteiger partial charge in [-0.2, -0.15) is 4.98 Å². The first kappa shape index (κ1) is 16.3. The van der Waals surface area contributed by atoms with Crippen molar-refractivity contribution in [2.75, 3.05) is 25.0 Å². The van der Waals surface area contributed by atoms with Gasteiger partial charge in [-0.15, -0.1) is 0 Å². The van der Waals surface area contributed by atoms with Crippen molar-refractivity contribution in [1.82, 2.24) is 25.0 Å². The molecule has 0 radical (unpaired) electrons. The highest BCUT2D eigenvalue weighted by atomic mass is 16.5. The lowest BCUT2D eigenvalue weighted by Crippen LogP contribution is -2.48. The first-order valence-electron chi connectivity index (χ1n) is 8.37. The van der Waals surface area contributed by atoms with Crippen molar-refractivity contribution >= 4 is 11.6 Å². The van der Waals surface area contributed by atoms with Crippen LogP contribution in [-0.2, 0) is 4.79 Å². The third-order valence-electron chi connectivity index (χ3n) is 4.22. The van der Waals surface area contributed by atoms with Gasteiger partial charge in [-0.05, 0) is 25.1 Å². The van der Waals surface area contributed by atoms with E-state index in [-0.39, 0.29) is 11.8 Å². The third kappa shape index (κ3) is 3.60. The Morgan fingerprint density at radius 1 is 1.19 bits per heavy atom. The van der Waals surface area contributed by atoms with E-state index >= 15 is 0 Å². The summed E-state index contributed by atoms with van der Waals surface area (Å²) in [4.78, 5) is 26.7. The molecule has 132 valence electrons. The number of anilines is 1. The van der Waals surface area contributed by atoms with Gasteiger partial charge in [0.25, 0.3) is 0 Å². The van der Waals surface area contributed by atoms with Crippen LogP contribution in [0.2, 0.25) is 0 Å².